The lowest BCUT2D eigenvalue weighted by molar-refractivity contribution is -0.143. The van der Waals surface area contributed by atoms with Crippen LogP contribution in [0.25, 0.3) is 0 Å². The van der Waals surface area contributed by atoms with E-state index in [-0.39, 0.29) is 30.8 Å². The van der Waals surface area contributed by atoms with Crippen LogP contribution in [0.15, 0.2) is 0 Å². The van der Waals surface area contributed by atoms with Gasteiger partial charge in [-0.1, -0.05) is 13.8 Å². The summed E-state index contributed by atoms with van der Waals surface area (Å²) in [5.74, 6) is -0.841. The number of likely N-dealkylation sites (tertiary alicyclic amines) is 1. The monoisotopic (exact) mass is 296 g/mol. The number of carbonyl (C=O) groups is 3. The summed E-state index contributed by atoms with van der Waals surface area (Å²) in [5.41, 5.74) is 0. The van der Waals surface area contributed by atoms with Gasteiger partial charge in [0.1, 0.15) is 0 Å². The molecule has 6 nitrogen and oxygen atoms in total. The highest BCUT2D eigenvalue weighted by molar-refractivity contribution is 6.06. The molecule has 1 atom stereocenters. The van der Waals surface area contributed by atoms with Gasteiger partial charge in [0.05, 0.1) is 19.0 Å². The SMILES string of the molecule is CCC(CC)N1C(=O)CC(N(CC(=O)O)CC2CC2)C1=O. The third kappa shape index (κ3) is 3.61. The molecule has 0 aromatic carbocycles. The Morgan fingerprint density at radius 3 is 2.43 bits per heavy atom. The molecular weight excluding hydrogens is 272 g/mol. The first-order valence-electron chi connectivity index (χ1n) is 7.79. The Bertz CT molecular complexity index is 429. The van der Waals surface area contributed by atoms with Gasteiger partial charge in [-0.2, -0.15) is 0 Å². The quantitative estimate of drug-likeness (QED) is 0.679. The van der Waals surface area contributed by atoms with Crippen molar-refractivity contribution in [1.82, 2.24) is 9.80 Å². The van der Waals surface area contributed by atoms with Gasteiger partial charge in [-0.3, -0.25) is 24.2 Å². The van der Waals surface area contributed by atoms with Crippen molar-refractivity contribution in [2.45, 2.75) is 58.0 Å². The largest absolute Gasteiger partial charge is 0.480 e. The lowest BCUT2D eigenvalue weighted by atomic mass is 10.1. The molecule has 0 spiro atoms. The van der Waals surface area contributed by atoms with Crippen LogP contribution >= 0.6 is 0 Å². The Morgan fingerprint density at radius 1 is 1.33 bits per heavy atom. The maximum Gasteiger partial charge on any atom is 0.317 e. The zero-order chi connectivity index (χ0) is 15.6. The molecule has 0 aromatic rings. The molecule has 2 rings (SSSR count). The first-order chi connectivity index (χ1) is 9.97. The molecule has 2 aliphatic rings. The van der Waals surface area contributed by atoms with Crippen molar-refractivity contribution in [3.05, 3.63) is 0 Å². The van der Waals surface area contributed by atoms with Crippen LogP contribution in [-0.2, 0) is 14.4 Å². The van der Waals surface area contributed by atoms with E-state index >= 15 is 0 Å². The second-order valence-corrected chi connectivity index (χ2v) is 6.06. The van der Waals surface area contributed by atoms with E-state index in [0.717, 1.165) is 25.7 Å². The van der Waals surface area contributed by atoms with Crippen LogP contribution in [0.4, 0.5) is 0 Å². The molecule has 118 valence electrons. The number of hydrogen-bond acceptors (Lipinski definition) is 4. The molecule has 6 heteroatoms. The van der Waals surface area contributed by atoms with Crippen molar-refractivity contribution in [3.8, 4) is 0 Å². The molecule has 0 radical (unpaired) electrons. The molecule has 1 N–H and O–H groups in total. The summed E-state index contributed by atoms with van der Waals surface area (Å²) in [4.78, 5) is 38.8. The van der Waals surface area contributed by atoms with Crippen molar-refractivity contribution in [1.29, 1.82) is 0 Å². The highest BCUT2D eigenvalue weighted by atomic mass is 16.4. The molecular formula is C15H24N2O4. The summed E-state index contributed by atoms with van der Waals surface area (Å²) in [6.45, 7) is 4.35. The summed E-state index contributed by atoms with van der Waals surface area (Å²) < 4.78 is 0. The third-order valence-corrected chi connectivity index (χ3v) is 4.44. The van der Waals surface area contributed by atoms with E-state index in [2.05, 4.69) is 0 Å². The Morgan fingerprint density at radius 2 is 1.95 bits per heavy atom. The van der Waals surface area contributed by atoms with Gasteiger partial charge < -0.3 is 5.11 Å². The van der Waals surface area contributed by atoms with Crippen molar-refractivity contribution >= 4 is 17.8 Å². The molecule has 21 heavy (non-hydrogen) atoms. The number of carboxylic acid groups (broad SMARTS) is 1. The predicted octanol–water partition coefficient (Wildman–Crippen LogP) is 1.10. The first kappa shape index (κ1) is 15.9. The summed E-state index contributed by atoms with van der Waals surface area (Å²) in [7, 11) is 0. The van der Waals surface area contributed by atoms with Crippen LogP contribution < -0.4 is 0 Å². The number of nitrogens with zero attached hydrogens (tertiary/aromatic N) is 2. The minimum Gasteiger partial charge on any atom is -0.480 e. The molecule has 1 aliphatic heterocycles. The molecule has 1 aliphatic carbocycles. The van der Waals surface area contributed by atoms with Crippen molar-refractivity contribution in [2.24, 2.45) is 5.92 Å². The Kier molecular flexibility index (Phi) is 4.98. The van der Waals surface area contributed by atoms with E-state index in [1.165, 1.54) is 4.90 Å². The van der Waals surface area contributed by atoms with Crippen LogP contribution in [0.1, 0.15) is 46.0 Å². The lowest BCUT2D eigenvalue weighted by Crippen LogP contribution is -2.47. The molecule has 1 saturated carbocycles. The van der Waals surface area contributed by atoms with Gasteiger partial charge in [0.15, 0.2) is 0 Å². The van der Waals surface area contributed by atoms with Gasteiger partial charge in [-0.15, -0.1) is 0 Å². The lowest BCUT2D eigenvalue weighted by Gasteiger charge is -2.28. The number of imide groups is 1. The number of amides is 2. The highest BCUT2D eigenvalue weighted by Gasteiger charge is 2.45. The van der Waals surface area contributed by atoms with E-state index < -0.39 is 12.0 Å². The second kappa shape index (κ2) is 6.56. The van der Waals surface area contributed by atoms with Crippen LogP contribution in [0.2, 0.25) is 0 Å². The zero-order valence-corrected chi connectivity index (χ0v) is 12.7. The molecule has 1 unspecified atom stereocenters. The van der Waals surface area contributed by atoms with Crippen molar-refractivity contribution in [3.63, 3.8) is 0 Å². The van der Waals surface area contributed by atoms with Crippen LogP contribution in [0.5, 0.6) is 0 Å². The van der Waals surface area contributed by atoms with Crippen molar-refractivity contribution < 1.29 is 19.5 Å². The fraction of sp³-hybridized carbons (Fsp3) is 0.800. The first-order valence-corrected chi connectivity index (χ1v) is 7.79. The summed E-state index contributed by atoms with van der Waals surface area (Å²) in [6, 6.07) is -0.655. The maximum absolute atomic E-state index is 12.6. The molecule has 1 saturated heterocycles. The molecule has 0 bridgehead atoms. The van der Waals surface area contributed by atoms with E-state index in [4.69, 9.17) is 5.11 Å². The highest BCUT2D eigenvalue weighted by Crippen LogP contribution is 2.32. The van der Waals surface area contributed by atoms with Gasteiger partial charge in [0.25, 0.3) is 0 Å². The minimum absolute atomic E-state index is 0.0670. The van der Waals surface area contributed by atoms with E-state index in [0.29, 0.717) is 12.5 Å². The molecule has 2 amide bonds. The van der Waals surface area contributed by atoms with Gasteiger partial charge in [0, 0.05) is 12.6 Å². The standard InChI is InChI=1S/C15H24N2O4/c1-3-11(4-2)17-13(18)7-12(15(17)21)16(9-14(19)20)8-10-5-6-10/h10-12H,3-9H2,1-2H3,(H,19,20). The van der Waals surface area contributed by atoms with Gasteiger partial charge in [-0.05, 0) is 31.6 Å². The normalized spacial score (nSPS) is 22.7. The topological polar surface area (TPSA) is 77.9 Å². The number of hydrogen-bond donors (Lipinski definition) is 1. The van der Waals surface area contributed by atoms with Crippen LogP contribution in [0, 0.1) is 5.92 Å². The van der Waals surface area contributed by atoms with Crippen LogP contribution in [0.3, 0.4) is 0 Å². The predicted molar refractivity (Wildman–Crippen MR) is 76.6 cm³/mol. The average molecular weight is 296 g/mol. The fourth-order valence-corrected chi connectivity index (χ4v) is 3.06. The minimum atomic E-state index is -0.947. The molecule has 2 fully saturated rings. The van der Waals surface area contributed by atoms with E-state index in [1.807, 2.05) is 13.8 Å². The second-order valence-electron chi connectivity index (χ2n) is 6.06. The number of carbonyl (C=O) groups excluding carboxylic acids is 2. The van der Waals surface area contributed by atoms with Gasteiger partial charge >= 0.3 is 5.97 Å². The summed E-state index contributed by atoms with van der Waals surface area (Å²) >= 11 is 0. The summed E-state index contributed by atoms with van der Waals surface area (Å²) in [5, 5.41) is 9.05. The zero-order valence-electron chi connectivity index (χ0n) is 12.7. The number of carboxylic acids is 1. The Balaban J connectivity index is 2.11. The number of aliphatic carboxylic acids is 1. The third-order valence-electron chi connectivity index (χ3n) is 4.44. The number of rotatable bonds is 8. The van der Waals surface area contributed by atoms with Crippen molar-refractivity contribution in [2.75, 3.05) is 13.1 Å². The Labute approximate surface area is 125 Å². The van der Waals surface area contributed by atoms with E-state index in [9.17, 15) is 14.4 Å². The molecule has 1 heterocycles. The van der Waals surface area contributed by atoms with Crippen LogP contribution in [-0.4, -0.2) is 57.9 Å². The maximum atomic E-state index is 12.6. The van der Waals surface area contributed by atoms with E-state index in [1.54, 1.807) is 4.90 Å². The fourth-order valence-electron chi connectivity index (χ4n) is 3.06. The van der Waals surface area contributed by atoms with Gasteiger partial charge in [-0.25, -0.2) is 0 Å². The Hall–Kier alpha value is -1.43. The molecule has 0 aromatic heterocycles. The van der Waals surface area contributed by atoms with Gasteiger partial charge in [0.2, 0.25) is 11.8 Å². The summed E-state index contributed by atoms with van der Waals surface area (Å²) in [6.07, 6.45) is 3.77. The average Bonchev–Trinajstić information content (AvgIpc) is 3.18. The smallest absolute Gasteiger partial charge is 0.317 e.